The number of para-hydroxylation sites is 1. The number of amides is 1. The highest BCUT2D eigenvalue weighted by Crippen LogP contribution is 2.30. The van der Waals surface area contributed by atoms with E-state index in [-0.39, 0.29) is 11.9 Å². The summed E-state index contributed by atoms with van der Waals surface area (Å²) >= 11 is 0. The van der Waals surface area contributed by atoms with E-state index in [1.807, 2.05) is 42.5 Å². The standard InChI is InChI=1S/C21H21N3O2/c1-26-19-14-24(16-10-3-2-4-11-16)23-20(19)21(25)22-18-13-7-9-15-8-5-6-12-17(15)18/h2-6,8,10-12,14,18H,7,9,13H2,1H3,(H,22,25)/t18-/m0/s1. The fourth-order valence-electron chi connectivity index (χ4n) is 3.51. The minimum Gasteiger partial charge on any atom is -0.493 e. The van der Waals surface area contributed by atoms with Crippen molar-refractivity contribution in [3.8, 4) is 11.4 Å². The van der Waals surface area contributed by atoms with Crippen molar-refractivity contribution >= 4 is 5.91 Å². The molecule has 5 heteroatoms. The Morgan fingerprint density at radius 3 is 2.73 bits per heavy atom. The number of methoxy groups -OCH3 is 1. The summed E-state index contributed by atoms with van der Waals surface area (Å²) in [6, 6.07) is 18.0. The van der Waals surface area contributed by atoms with Gasteiger partial charge in [0, 0.05) is 0 Å². The van der Waals surface area contributed by atoms with Crippen LogP contribution in [0.4, 0.5) is 0 Å². The van der Waals surface area contributed by atoms with Crippen LogP contribution < -0.4 is 10.1 Å². The number of hydrogen-bond donors (Lipinski definition) is 1. The molecule has 1 heterocycles. The second-order valence-electron chi connectivity index (χ2n) is 6.44. The molecule has 0 saturated carbocycles. The molecule has 1 atom stereocenters. The molecule has 4 rings (SSSR count). The van der Waals surface area contributed by atoms with Crippen molar-refractivity contribution in [2.24, 2.45) is 0 Å². The first kappa shape index (κ1) is 16.4. The van der Waals surface area contributed by atoms with Gasteiger partial charge in [0.25, 0.3) is 5.91 Å². The Labute approximate surface area is 152 Å². The quantitative estimate of drug-likeness (QED) is 0.783. The number of ether oxygens (including phenoxy) is 1. The maximum Gasteiger partial charge on any atom is 0.276 e. The smallest absolute Gasteiger partial charge is 0.276 e. The lowest BCUT2D eigenvalue weighted by Gasteiger charge is -2.26. The molecule has 0 bridgehead atoms. The lowest BCUT2D eigenvalue weighted by Crippen LogP contribution is -2.31. The number of aryl methyl sites for hydroxylation is 1. The second kappa shape index (κ2) is 7.04. The molecule has 5 nitrogen and oxygen atoms in total. The summed E-state index contributed by atoms with van der Waals surface area (Å²) in [7, 11) is 1.55. The van der Waals surface area contributed by atoms with Gasteiger partial charge in [0.05, 0.1) is 25.0 Å². The third-order valence-electron chi connectivity index (χ3n) is 4.81. The molecule has 132 valence electrons. The summed E-state index contributed by atoms with van der Waals surface area (Å²) in [4.78, 5) is 12.9. The molecule has 1 aliphatic rings. The van der Waals surface area contributed by atoms with E-state index in [4.69, 9.17) is 4.74 Å². The molecule has 1 amide bonds. The maximum absolute atomic E-state index is 12.9. The van der Waals surface area contributed by atoms with Crippen molar-refractivity contribution in [1.82, 2.24) is 15.1 Å². The van der Waals surface area contributed by atoms with Crippen molar-refractivity contribution in [2.75, 3.05) is 7.11 Å². The number of nitrogens with one attached hydrogen (secondary N) is 1. The van der Waals surface area contributed by atoms with Gasteiger partial charge in [0.1, 0.15) is 0 Å². The van der Waals surface area contributed by atoms with Crippen LogP contribution in [0.2, 0.25) is 0 Å². The van der Waals surface area contributed by atoms with Crippen molar-refractivity contribution < 1.29 is 9.53 Å². The number of aromatic nitrogens is 2. The van der Waals surface area contributed by atoms with Gasteiger partial charge >= 0.3 is 0 Å². The molecule has 0 saturated heterocycles. The highest BCUT2D eigenvalue weighted by Gasteiger charge is 2.25. The Morgan fingerprint density at radius 1 is 1.15 bits per heavy atom. The van der Waals surface area contributed by atoms with E-state index in [1.54, 1.807) is 18.0 Å². The average Bonchev–Trinajstić information content (AvgIpc) is 3.14. The van der Waals surface area contributed by atoms with Gasteiger partial charge in [-0.05, 0) is 42.5 Å². The summed E-state index contributed by atoms with van der Waals surface area (Å²) in [6.07, 6.45) is 4.80. The van der Waals surface area contributed by atoms with Crippen molar-refractivity contribution in [3.63, 3.8) is 0 Å². The number of carbonyl (C=O) groups excluding carboxylic acids is 1. The number of nitrogens with zero attached hydrogens (tertiary/aromatic N) is 2. The highest BCUT2D eigenvalue weighted by atomic mass is 16.5. The van der Waals surface area contributed by atoms with Crippen LogP contribution >= 0.6 is 0 Å². The Bertz CT molecular complexity index is 918. The zero-order chi connectivity index (χ0) is 17.9. The molecule has 0 aliphatic heterocycles. The number of hydrogen-bond acceptors (Lipinski definition) is 3. The van der Waals surface area contributed by atoms with E-state index >= 15 is 0 Å². The third-order valence-corrected chi connectivity index (χ3v) is 4.81. The van der Waals surface area contributed by atoms with Gasteiger partial charge in [-0.15, -0.1) is 0 Å². The van der Waals surface area contributed by atoms with Gasteiger partial charge in [-0.1, -0.05) is 42.5 Å². The maximum atomic E-state index is 12.9. The predicted molar refractivity (Wildman–Crippen MR) is 99.7 cm³/mol. The van der Waals surface area contributed by atoms with E-state index in [0.717, 1.165) is 24.9 Å². The summed E-state index contributed by atoms with van der Waals surface area (Å²) < 4.78 is 7.05. The Hall–Kier alpha value is -3.08. The van der Waals surface area contributed by atoms with Crippen LogP contribution in [0.25, 0.3) is 5.69 Å². The van der Waals surface area contributed by atoms with Crippen molar-refractivity contribution in [2.45, 2.75) is 25.3 Å². The number of fused-ring (bicyclic) bond motifs is 1. The lowest BCUT2D eigenvalue weighted by molar-refractivity contribution is 0.0924. The van der Waals surface area contributed by atoms with Crippen LogP contribution in [0.5, 0.6) is 5.75 Å². The topological polar surface area (TPSA) is 56.2 Å². The summed E-state index contributed by atoms with van der Waals surface area (Å²) in [5.74, 6) is 0.258. The Balaban J connectivity index is 1.60. The molecular formula is C21H21N3O2. The van der Waals surface area contributed by atoms with Crippen LogP contribution in [-0.2, 0) is 6.42 Å². The van der Waals surface area contributed by atoms with Crippen molar-refractivity contribution in [3.05, 3.63) is 77.6 Å². The normalized spacial score (nSPS) is 16.0. The first-order valence-corrected chi connectivity index (χ1v) is 8.84. The molecule has 1 aliphatic carbocycles. The monoisotopic (exact) mass is 347 g/mol. The molecule has 0 spiro atoms. The molecule has 1 aromatic heterocycles. The van der Waals surface area contributed by atoms with Gasteiger partial charge in [-0.2, -0.15) is 5.10 Å². The van der Waals surface area contributed by atoms with Gasteiger partial charge in [-0.3, -0.25) is 4.79 Å². The van der Waals surface area contributed by atoms with Crippen LogP contribution in [0.3, 0.4) is 0 Å². The second-order valence-corrected chi connectivity index (χ2v) is 6.44. The van der Waals surface area contributed by atoms with Gasteiger partial charge < -0.3 is 10.1 Å². The number of carbonyl (C=O) groups is 1. The van der Waals surface area contributed by atoms with Gasteiger partial charge in [0.2, 0.25) is 0 Å². The SMILES string of the molecule is COc1cn(-c2ccccc2)nc1C(=O)N[C@H]1CCCc2ccccc21. The molecule has 0 fully saturated rings. The summed E-state index contributed by atoms with van der Waals surface area (Å²) in [5.41, 5.74) is 3.70. The predicted octanol–water partition coefficient (Wildman–Crippen LogP) is 3.69. The highest BCUT2D eigenvalue weighted by molar-refractivity contribution is 5.95. The Kier molecular flexibility index (Phi) is 4.44. The van der Waals surface area contributed by atoms with Crippen LogP contribution in [-0.4, -0.2) is 22.8 Å². The molecular weight excluding hydrogens is 326 g/mol. The average molecular weight is 347 g/mol. The molecule has 2 aromatic carbocycles. The fourth-order valence-corrected chi connectivity index (χ4v) is 3.51. The molecule has 0 unspecified atom stereocenters. The Morgan fingerprint density at radius 2 is 1.92 bits per heavy atom. The molecule has 1 N–H and O–H groups in total. The molecule has 3 aromatic rings. The van der Waals surface area contributed by atoms with Crippen molar-refractivity contribution in [1.29, 1.82) is 0 Å². The lowest BCUT2D eigenvalue weighted by atomic mass is 9.87. The zero-order valence-electron chi connectivity index (χ0n) is 14.7. The molecule has 26 heavy (non-hydrogen) atoms. The largest absolute Gasteiger partial charge is 0.493 e. The van der Waals surface area contributed by atoms with E-state index < -0.39 is 0 Å². The van der Waals surface area contributed by atoms with E-state index in [2.05, 4.69) is 22.5 Å². The fraction of sp³-hybridized carbons (Fsp3) is 0.238. The number of rotatable bonds is 4. The van der Waals surface area contributed by atoms with Crippen LogP contribution in [0, 0.1) is 0 Å². The van der Waals surface area contributed by atoms with E-state index in [1.165, 1.54) is 11.1 Å². The zero-order valence-corrected chi connectivity index (χ0v) is 14.7. The first-order valence-electron chi connectivity index (χ1n) is 8.84. The minimum atomic E-state index is -0.210. The summed E-state index contributed by atoms with van der Waals surface area (Å²) in [5, 5.41) is 7.59. The third kappa shape index (κ3) is 3.08. The first-order chi connectivity index (χ1) is 12.8. The van der Waals surface area contributed by atoms with E-state index in [0.29, 0.717) is 11.4 Å². The van der Waals surface area contributed by atoms with Gasteiger partial charge in [0.15, 0.2) is 11.4 Å². The van der Waals surface area contributed by atoms with Crippen LogP contribution in [0.1, 0.15) is 40.5 Å². The van der Waals surface area contributed by atoms with E-state index in [9.17, 15) is 4.79 Å². The van der Waals surface area contributed by atoms with Gasteiger partial charge in [-0.25, -0.2) is 4.68 Å². The molecule has 0 radical (unpaired) electrons. The number of benzene rings is 2. The minimum absolute atomic E-state index is 0.0130. The van der Waals surface area contributed by atoms with Crippen LogP contribution in [0.15, 0.2) is 60.8 Å². The summed E-state index contributed by atoms with van der Waals surface area (Å²) in [6.45, 7) is 0.